The lowest BCUT2D eigenvalue weighted by atomic mass is 9.99. The van der Waals surface area contributed by atoms with Crippen LogP contribution in [0, 0.1) is 17.6 Å². The van der Waals surface area contributed by atoms with Gasteiger partial charge in [-0.1, -0.05) is 32.4 Å². The van der Waals surface area contributed by atoms with Crippen LogP contribution in [0.5, 0.6) is 5.75 Å². The van der Waals surface area contributed by atoms with Crippen molar-refractivity contribution in [3.05, 3.63) is 83.9 Å². The van der Waals surface area contributed by atoms with Crippen molar-refractivity contribution in [1.82, 2.24) is 5.32 Å². The van der Waals surface area contributed by atoms with Gasteiger partial charge in [-0.05, 0) is 60.0 Å². The Bertz CT molecular complexity index is 1170. The summed E-state index contributed by atoms with van der Waals surface area (Å²) in [5, 5.41) is 14.7. The van der Waals surface area contributed by atoms with Crippen LogP contribution in [0.1, 0.15) is 37.0 Å². The molecule has 0 unspecified atom stereocenters. The molecule has 36 heavy (non-hydrogen) atoms. The SMILES string of the molecule is CC[C@H](C)[C@@H](COc1ccc(-c2ccc(F)cc2F)cc1)Nc1ccc(C(=O)NCCC(=O)O)cc1. The summed E-state index contributed by atoms with van der Waals surface area (Å²) in [5.41, 5.74) is 2.22. The van der Waals surface area contributed by atoms with Crippen LogP contribution in [0.4, 0.5) is 14.5 Å². The molecular formula is C28H30F2N2O4. The van der Waals surface area contributed by atoms with Crippen LogP contribution in [-0.2, 0) is 4.79 Å². The van der Waals surface area contributed by atoms with E-state index in [4.69, 9.17) is 9.84 Å². The molecule has 6 nitrogen and oxygen atoms in total. The molecule has 0 fully saturated rings. The highest BCUT2D eigenvalue weighted by Crippen LogP contribution is 2.26. The van der Waals surface area contributed by atoms with Gasteiger partial charge in [-0.2, -0.15) is 0 Å². The van der Waals surface area contributed by atoms with Gasteiger partial charge in [-0.3, -0.25) is 9.59 Å². The highest BCUT2D eigenvalue weighted by Gasteiger charge is 2.17. The molecule has 0 saturated heterocycles. The fourth-order valence-corrected chi connectivity index (χ4v) is 3.59. The molecule has 190 valence electrons. The number of benzene rings is 3. The van der Waals surface area contributed by atoms with Crippen LogP contribution in [0.3, 0.4) is 0 Å². The van der Waals surface area contributed by atoms with Crippen LogP contribution in [0.2, 0.25) is 0 Å². The highest BCUT2D eigenvalue weighted by molar-refractivity contribution is 5.94. The lowest BCUT2D eigenvalue weighted by Gasteiger charge is -2.25. The number of rotatable bonds is 12. The number of halogens is 2. The Kier molecular flexibility index (Phi) is 9.39. The van der Waals surface area contributed by atoms with Crippen molar-refractivity contribution in [3.8, 4) is 16.9 Å². The first-order valence-electron chi connectivity index (χ1n) is 11.8. The van der Waals surface area contributed by atoms with Crippen LogP contribution in [0.25, 0.3) is 11.1 Å². The van der Waals surface area contributed by atoms with Gasteiger partial charge in [-0.25, -0.2) is 8.78 Å². The molecule has 0 bridgehead atoms. The number of nitrogens with one attached hydrogen (secondary N) is 2. The van der Waals surface area contributed by atoms with Gasteiger partial charge in [0.2, 0.25) is 0 Å². The largest absolute Gasteiger partial charge is 0.491 e. The number of aliphatic carboxylic acids is 1. The van der Waals surface area contributed by atoms with E-state index in [9.17, 15) is 18.4 Å². The maximum atomic E-state index is 14.1. The number of hydrogen-bond donors (Lipinski definition) is 3. The summed E-state index contributed by atoms with van der Waals surface area (Å²) in [6.07, 6.45) is 0.793. The molecule has 0 aliphatic rings. The number of carboxylic acids is 1. The summed E-state index contributed by atoms with van der Waals surface area (Å²) in [6, 6.07) is 17.4. The van der Waals surface area contributed by atoms with E-state index in [-0.39, 0.29) is 30.8 Å². The molecule has 0 aliphatic carbocycles. The third-order valence-electron chi connectivity index (χ3n) is 5.98. The number of carboxylic acid groups (broad SMARTS) is 1. The van der Waals surface area contributed by atoms with Crippen molar-refractivity contribution in [1.29, 1.82) is 0 Å². The van der Waals surface area contributed by atoms with Crippen LogP contribution >= 0.6 is 0 Å². The van der Waals surface area contributed by atoms with Gasteiger partial charge in [0, 0.05) is 29.4 Å². The van der Waals surface area contributed by atoms with Gasteiger partial charge in [0.1, 0.15) is 24.0 Å². The number of amides is 1. The fourth-order valence-electron chi connectivity index (χ4n) is 3.59. The van der Waals surface area contributed by atoms with E-state index in [0.29, 0.717) is 29.0 Å². The van der Waals surface area contributed by atoms with Gasteiger partial charge in [-0.15, -0.1) is 0 Å². The van der Waals surface area contributed by atoms with Crippen molar-refractivity contribution < 1.29 is 28.2 Å². The molecule has 1 amide bonds. The molecule has 3 rings (SSSR count). The van der Waals surface area contributed by atoms with Crippen molar-refractivity contribution in [2.24, 2.45) is 5.92 Å². The average molecular weight is 497 g/mol. The molecular weight excluding hydrogens is 466 g/mol. The number of carbonyl (C=O) groups is 2. The highest BCUT2D eigenvalue weighted by atomic mass is 19.1. The number of hydrogen-bond acceptors (Lipinski definition) is 4. The predicted molar refractivity (Wildman–Crippen MR) is 135 cm³/mol. The van der Waals surface area contributed by atoms with Gasteiger partial charge < -0.3 is 20.5 Å². The Morgan fingerprint density at radius 2 is 1.69 bits per heavy atom. The summed E-state index contributed by atoms with van der Waals surface area (Å²) in [6.45, 7) is 4.67. The molecule has 3 aromatic rings. The van der Waals surface area contributed by atoms with Gasteiger partial charge in [0.15, 0.2) is 0 Å². The Labute approximate surface area is 209 Å². The lowest BCUT2D eigenvalue weighted by Crippen LogP contribution is -2.33. The zero-order valence-corrected chi connectivity index (χ0v) is 20.3. The summed E-state index contributed by atoms with van der Waals surface area (Å²) in [4.78, 5) is 22.7. The van der Waals surface area contributed by atoms with E-state index in [1.54, 1.807) is 48.5 Å². The van der Waals surface area contributed by atoms with Crippen molar-refractivity contribution in [2.75, 3.05) is 18.5 Å². The first-order chi connectivity index (χ1) is 17.3. The van der Waals surface area contributed by atoms with Crippen molar-refractivity contribution in [2.45, 2.75) is 32.7 Å². The standard InChI is InChI=1S/C28H30F2N2O4/c1-3-18(2)26(32-22-9-4-20(5-10-22)28(35)31-15-14-27(33)34)17-36-23-11-6-19(7-12-23)24-13-8-21(29)16-25(24)30/h4-13,16,18,26,32H,3,14-15,17H2,1-2H3,(H,31,35)(H,33,34)/t18-,26+/m0/s1. The molecule has 0 aromatic heterocycles. The molecule has 0 saturated carbocycles. The van der Waals surface area contributed by atoms with E-state index in [2.05, 4.69) is 24.5 Å². The number of ether oxygens (including phenoxy) is 1. The van der Waals surface area contributed by atoms with E-state index in [0.717, 1.165) is 18.2 Å². The summed E-state index contributed by atoms with van der Waals surface area (Å²) < 4.78 is 33.2. The summed E-state index contributed by atoms with van der Waals surface area (Å²) >= 11 is 0. The third-order valence-corrected chi connectivity index (χ3v) is 5.98. The normalized spacial score (nSPS) is 12.4. The zero-order chi connectivity index (χ0) is 26.1. The molecule has 8 heteroatoms. The smallest absolute Gasteiger partial charge is 0.305 e. The van der Waals surface area contributed by atoms with E-state index in [1.807, 2.05) is 0 Å². The van der Waals surface area contributed by atoms with Crippen molar-refractivity contribution in [3.63, 3.8) is 0 Å². The van der Waals surface area contributed by atoms with Gasteiger partial charge in [0.05, 0.1) is 12.5 Å². The van der Waals surface area contributed by atoms with Crippen LogP contribution < -0.4 is 15.4 Å². The van der Waals surface area contributed by atoms with E-state index in [1.165, 1.54) is 12.1 Å². The molecule has 0 aliphatic heterocycles. The van der Waals surface area contributed by atoms with E-state index < -0.39 is 17.6 Å². The molecule has 3 aromatic carbocycles. The van der Waals surface area contributed by atoms with Crippen LogP contribution in [-0.4, -0.2) is 36.2 Å². The second kappa shape index (κ2) is 12.7. The minimum atomic E-state index is -0.967. The molecule has 0 spiro atoms. The molecule has 3 N–H and O–H groups in total. The Morgan fingerprint density at radius 1 is 1.00 bits per heavy atom. The second-order valence-corrected chi connectivity index (χ2v) is 8.57. The lowest BCUT2D eigenvalue weighted by molar-refractivity contribution is -0.136. The van der Waals surface area contributed by atoms with Crippen LogP contribution in [0.15, 0.2) is 66.7 Å². The first-order valence-corrected chi connectivity index (χ1v) is 11.8. The number of anilines is 1. The molecule has 0 heterocycles. The van der Waals surface area contributed by atoms with Gasteiger partial charge >= 0.3 is 5.97 Å². The zero-order valence-electron chi connectivity index (χ0n) is 20.3. The maximum absolute atomic E-state index is 14.1. The Balaban J connectivity index is 1.60. The number of carbonyl (C=O) groups excluding carboxylic acids is 1. The summed E-state index contributed by atoms with van der Waals surface area (Å²) in [5.74, 6) is -1.61. The van der Waals surface area contributed by atoms with Crippen molar-refractivity contribution >= 4 is 17.6 Å². The Hall–Kier alpha value is -3.94. The molecule has 2 atom stereocenters. The fraction of sp³-hybridized carbons (Fsp3) is 0.286. The van der Waals surface area contributed by atoms with E-state index >= 15 is 0 Å². The predicted octanol–water partition coefficient (Wildman–Crippen LogP) is 5.74. The first kappa shape index (κ1) is 26.7. The second-order valence-electron chi connectivity index (χ2n) is 8.57. The maximum Gasteiger partial charge on any atom is 0.305 e. The monoisotopic (exact) mass is 496 g/mol. The summed E-state index contributed by atoms with van der Waals surface area (Å²) in [7, 11) is 0. The minimum absolute atomic E-state index is 0.0144. The minimum Gasteiger partial charge on any atom is -0.491 e. The Morgan fingerprint density at radius 3 is 2.31 bits per heavy atom. The average Bonchev–Trinajstić information content (AvgIpc) is 2.86. The topological polar surface area (TPSA) is 87.7 Å². The van der Waals surface area contributed by atoms with Gasteiger partial charge in [0.25, 0.3) is 5.91 Å². The molecule has 0 radical (unpaired) electrons. The third kappa shape index (κ3) is 7.53. The quantitative estimate of drug-likeness (QED) is 0.298.